The van der Waals surface area contributed by atoms with E-state index in [-0.39, 0.29) is 0 Å². The zero-order valence-corrected chi connectivity index (χ0v) is 13.8. The Morgan fingerprint density at radius 1 is 1.32 bits per heavy atom. The molecule has 3 atom stereocenters. The fourth-order valence-electron chi connectivity index (χ4n) is 3.06. The second-order valence-corrected chi connectivity index (χ2v) is 6.72. The van der Waals surface area contributed by atoms with Crippen LogP contribution in [0.2, 0.25) is 0 Å². The summed E-state index contributed by atoms with van der Waals surface area (Å²) in [7, 11) is 2.23. The van der Waals surface area contributed by atoms with Crippen molar-refractivity contribution in [2.75, 3.05) is 20.1 Å². The Morgan fingerprint density at radius 2 is 2.05 bits per heavy atom. The summed E-state index contributed by atoms with van der Waals surface area (Å²) < 4.78 is 1.20. The summed E-state index contributed by atoms with van der Waals surface area (Å²) in [6.07, 6.45) is 2.68. The highest BCUT2D eigenvalue weighted by Gasteiger charge is 2.24. The number of nitrogens with zero attached hydrogens (tertiary/aromatic N) is 1. The minimum absolute atomic E-state index is 0.387. The van der Waals surface area contributed by atoms with E-state index in [0.717, 1.165) is 5.92 Å². The van der Waals surface area contributed by atoms with Crippen molar-refractivity contribution in [1.82, 2.24) is 10.2 Å². The van der Waals surface area contributed by atoms with Gasteiger partial charge in [-0.25, -0.2) is 0 Å². The Kier molecular flexibility index (Phi) is 5.43. The van der Waals surface area contributed by atoms with E-state index >= 15 is 0 Å². The number of nitrogens with one attached hydrogen (secondary N) is 1. The number of halogens is 1. The molecule has 19 heavy (non-hydrogen) atoms. The van der Waals surface area contributed by atoms with Crippen LogP contribution in [0.25, 0.3) is 0 Å². The van der Waals surface area contributed by atoms with Crippen LogP contribution in [0, 0.1) is 5.92 Å². The molecular formula is C16H25BrN2. The third-order valence-corrected chi connectivity index (χ3v) is 4.97. The first-order valence-corrected chi connectivity index (χ1v) is 8.06. The van der Waals surface area contributed by atoms with Gasteiger partial charge in [0.2, 0.25) is 0 Å². The molecule has 1 heterocycles. The van der Waals surface area contributed by atoms with Crippen molar-refractivity contribution >= 4 is 15.9 Å². The topological polar surface area (TPSA) is 15.3 Å². The summed E-state index contributed by atoms with van der Waals surface area (Å²) >= 11 is 3.64. The molecule has 1 aliphatic rings. The molecule has 3 heteroatoms. The van der Waals surface area contributed by atoms with Gasteiger partial charge in [-0.1, -0.05) is 34.1 Å². The van der Waals surface area contributed by atoms with E-state index in [4.69, 9.17) is 0 Å². The third kappa shape index (κ3) is 4.04. The number of benzene rings is 1. The van der Waals surface area contributed by atoms with Crippen LogP contribution in [0.15, 0.2) is 28.7 Å². The summed E-state index contributed by atoms with van der Waals surface area (Å²) in [5.41, 5.74) is 1.35. The van der Waals surface area contributed by atoms with Gasteiger partial charge in [0.15, 0.2) is 0 Å². The molecule has 1 saturated heterocycles. The highest BCUT2D eigenvalue weighted by atomic mass is 79.9. The molecule has 2 nitrogen and oxygen atoms in total. The molecule has 0 bridgehead atoms. The maximum Gasteiger partial charge on any atom is 0.0305 e. The molecule has 1 aliphatic heterocycles. The van der Waals surface area contributed by atoms with Gasteiger partial charge in [0, 0.05) is 23.1 Å². The lowest BCUT2D eigenvalue weighted by molar-refractivity contribution is 0.174. The summed E-state index contributed by atoms with van der Waals surface area (Å²) in [6, 6.07) is 9.44. The van der Waals surface area contributed by atoms with Crippen molar-refractivity contribution in [2.45, 2.75) is 38.8 Å². The Hall–Kier alpha value is -0.380. The van der Waals surface area contributed by atoms with Gasteiger partial charge in [0.05, 0.1) is 0 Å². The average Bonchev–Trinajstić information content (AvgIpc) is 2.39. The lowest BCUT2D eigenvalue weighted by Gasteiger charge is -2.35. The van der Waals surface area contributed by atoms with E-state index in [1.54, 1.807) is 0 Å². The number of rotatable bonds is 4. The van der Waals surface area contributed by atoms with E-state index in [1.165, 1.54) is 36.0 Å². The van der Waals surface area contributed by atoms with E-state index < -0.39 is 0 Å². The first-order valence-electron chi connectivity index (χ1n) is 7.27. The predicted molar refractivity (Wildman–Crippen MR) is 85.4 cm³/mol. The Morgan fingerprint density at radius 3 is 2.74 bits per heavy atom. The van der Waals surface area contributed by atoms with Crippen LogP contribution in [-0.4, -0.2) is 31.1 Å². The highest BCUT2D eigenvalue weighted by molar-refractivity contribution is 9.10. The second-order valence-electron chi connectivity index (χ2n) is 5.86. The van der Waals surface area contributed by atoms with Gasteiger partial charge in [-0.2, -0.15) is 0 Å². The Balaban J connectivity index is 1.95. The molecule has 2 rings (SSSR count). The first-order chi connectivity index (χ1) is 9.08. The monoisotopic (exact) mass is 324 g/mol. The van der Waals surface area contributed by atoms with Crippen molar-refractivity contribution < 1.29 is 0 Å². The SMILES string of the molecule is CC(N[C@H](C)c1ccccc1Br)C1CCCN(C)C1. The molecule has 0 aliphatic carbocycles. The molecule has 1 aromatic carbocycles. The smallest absolute Gasteiger partial charge is 0.0305 e. The van der Waals surface area contributed by atoms with E-state index in [0.29, 0.717) is 12.1 Å². The van der Waals surface area contributed by atoms with Gasteiger partial charge in [-0.15, -0.1) is 0 Å². The molecule has 0 radical (unpaired) electrons. The zero-order valence-electron chi connectivity index (χ0n) is 12.2. The number of piperidine rings is 1. The van der Waals surface area contributed by atoms with Crippen molar-refractivity contribution in [1.29, 1.82) is 0 Å². The van der Waals surface area contributed by atoms with Crippen molar-refractivity contribution in [3.05, 3.63) is 34.3 Å². The highest BCUT2D eigenvalue weighted by Crippen LogP contribution is 2.25. The normalized spacial score (nSPS) is 24.1. The molecule has 1 aromatic rings. The molecule has 0 saturated carbocycles. The zero-order chi connectivity index (χ0) is 13.8. The fraction of sp³-hybridized carbons (Fsp3) is 0.625. The standard InChI is InChI=1S/C16H25BrN2/c1-12(14-7-6-10-19(3)11-14)18-13(2)15-8-4-5-9-16(15)17/h4-5,8-9,12-14,18H,6-7,10-11H2,1-3H3/t12?,13-,14?/m1/s1. The van der Waals surface area contributed by atoms with Crippen LogP contribution in [0.4, 0.5) is 0 Å². The third-order valence-electron chi connectivity index (χ3n) is 4.25. The lowest BCUT2D eigenvalue weighted by atomic mass is 9.91. The summed E-state index contributed by atoms with van der Waals surface area (Å²) in [6.45, 7) is 7.06. The largest absolute Gasteiger partial charge is 0.307 e. The fourth-order valence-corrected chi connectivity index (χ4v) is 3.69. The first kappa shape index (κ1) is 15.0. The Bertz CT molecular complexity index is 407. The number of hydrogen-bond donors (Lipinski definition) is 1. The van der Waals surface area contributed by atoms with Crippen LogP contribution < -0.4 is 5.32 Å². The van der Waals surface area contributed by atoms with Gasteiger partial charge < -0.3 is 10.2 Å². The average molecular weight is 325 g/mol. The van der Waals surface area contributed by atoms with Gasteiger partial charge >= 0.3 is 0 Å². The minimum atomic E-state index is 0.387. The van der Waals surface area contributed by atoms with Gasteiger partial charge in [0.1, 0.15) is 0 Å². The van der Waals surface area contributed by atoms with E-state index in [1.807, 2.05) is 0 Å². The molecule has 0 aromatic heterocycles. The summed E-state index contributed by atoms with van der Waals surface area (Å²) in [4.78, 5) is 2.45. The molecule has 1 fully saturated rings. The van der Waals surface area contributed by atoms with Gasteiger partial charge in [-0.05, 0) is 57.8 Å². The van der Waals surface area contributed by atoms with Gasteiger partial charge in [0.25, 0.3) is 0 Å². The van der Waals surface area contributed by atoms with Crippen molar-refractivity contribution in [3.8, 4) is 0 Å². The van der Waals surface area contributed by atoms with Crippen LogP contribution in [0.3, 0.4) is 0 Å². The second kappa shape index (κ2) is 6.87. The van der Waals surface area contributed by atoms with E-state index in [9.17, 15) is 0 Å². The Labute approximate surface area is 125 Å². The molecule has 0 spiro atoms. The number of likely N-dealkylation sites (tertiary alicyclic amines) is 1. The lowest BCUT2D eigenvalue weighted by Crippen LogP contribution is -2.43. The number of hydrogen-bond acceptors (Lipinski definition) is 2. The maximum atomic E-state index is 3.77. The predicted octanol–water partition coefficient (Wildman–Crippen LogP) is 3.83. The van der Waals surface area contributed by atoms with E-state index in [2.05, 4.69) is 71.3 Å². The quantitative estimate of drug-likeness (QED) is 0.905. The summed E-state index contributed by atoms with van der Waals surface area (Å²) in [5, 5.41) is 3.77. The maximum absolute atomic E-state index is 3.77. The molecule has 0 amide bonds. The molecular weight excluding hydrogens is 300 g/mol. The minimum Gasteiger partial charge on any atom is -0.307 e. The van der Waals surface area contributed by atoms with Crippen LogP contribution in [0.1, 0.15) is 38.3 Å². The molecule has 1 N–H and O–H groups in total. The molecule has 106 valence electrons. The van der Waals surface area contributed by atoms with Gasteiger partial charge in [-0.3, -0.25) is 0 Å². The van der Waals surface area contributed by atoms with Crippen molar-refractivity contribution in [2.24, 2.45) is 5.92 Å². The molecule has 2 unspecified atom stereocenters. The summed E-state index contributed by atoms with van der Waals surface area (Å²) in [5.74, 6) is 0.767. The van der Waals surface area contributed by atoms with Crippen LogP contribution >= 0.6 is 15.9 Å². The van der Waals surface area contributed by atoms with Crippen molar-refractivity contribution in [3.63, 3.8) is 0 Å². The van der Waals surface area contributed by atoms with Crippen LogP contribution in [-0.2, 0) is 0 Å². The van der Waals surface area contributed by atoms with Crippen LogP contribution in [0.5, 0.6) is 0 Å².